The first-order valence-electron chi connectivity index (χ1n) is 5.48. The Kier molecular flexibility index (Phi) is 3.86. The number of hydrogen-bond acceptors (Lipinski definition) is 2. The van der Waals surface area contributed by atoms with E-state index in [1.54, 1.807) is 12.1 Å². The van der Waals surface area contributed by atoms with Crippen LogP contribution in [0, 0.1) is 17.2 Å². The van der Waals surface area contributed by atoms with Crippen LogP contribution in [0.5, 0.6) is 0 Å². The Bertz CT molecular complexity index is 491. The van der Waals surface area contributed by atoms with Crippen LogP contribution in [0.1, 0.15) is 24.0 Å². The zero-order chi connectivity index (χ0) is 12.4. The van der Waals surface area contributed by atoms with Gasteiger partial charge in [0.15, 0.2) is 0 Å². The van der Waals surface area contributed by atoms with Crippen molar-refractivity contribution in [1.82, 2.24) is 0 Å². The van der Waals surface area contributed by atoms with E-state index in [-0.39, 0.29) is 16.5 Å². The van der Waals surface area contributed by atoms with Crippen LogP contribution < -0.4 is 0 Å². The highest BCUT2D eigenvalue weighted by molar-refractivity contribution is 9.10. The van der Waals surface area contributed by atoms with Crippen molar-refractivity contribution in [3.05, 3.63) is 34.3 Å². The molecule has 4 heteroatoms. The van der Waals surface area contributed by atoms with Gasteiger partial charge in [0.2, 0.25) is 0 Å². The number of nitriles is 1. The molecule has 1 aromatic rings. The number of halogens is 2. The minimum Gasteiger partial charge on any atom is -0.298 e. The van der Waals surface area contributed by atoms with Gasteiger partial charge in [-0.2, -0.15) is 5.26 Å². The average Bonchev–Trinajstić information content (AvgIpc) is 3.14. The van der Waals surface area contributed by atoms with Gasteiger partial charge in [-0.1, -0.05) is 33.6 Å². The fourth-order valence-electron chi connectivity index (χ4n) is 1.70. The summed E-state index contributed by atoms with van der Waals surface area (Å²) in [6, 6.07) is 7.21. The molecule has 2 nitrogen and oxygen atoms in total. The molecule has 0 aliphatic heterocycles. The first-order valence-corrected chi connectivity index (χ1v) is 6.77. The monoisotopic (exact) mass is 311 g/mol. The summed E-state index contributed by atoms with van der Waals surface area (Å²) in [6.07, 6.45) is 2.62. The molecule has 1 aliphatic rings. The molecule has 1 aromatic carbocycles. The van der Waals surface area contributed by atoms with Gasteiger partial charge in [0, 0.05) is 10.9 Å². The molecule has 0 aromatic heterocycles. The van der Waals surface area contributed by atoms with Crippen molar-refractivity contribution >= 4 is 33.3 Å². The van der Waals surface area contributed by atoms with E-state index in [4.69, 9.17) is 16.9 Å². The second-order valence-corrected chi connectivity index (χ2v) is 5.78. The SMILES string of the molecule is N#Cc1ccc(CC(Br)C(=O)C2CC2)c(Cl)c1. The number of hydrogen-bond donors (Lipinski definition) is 0. The number of carbonyl (C=O) groups is 1. The molecule has 0 radical (unpaired) electrons. The zero-order valence-corrected chi connectivity index (χ0v) is 11.5. The van der Waals surface area contributed by atoms with Crippen LogP contribution in [0.25, 0.3) is 0 Å². The number of ketones is 1. The minimum absolute atomic E-state index is 0.166. The summed E-state index contributed by atoms with van der Waals surface area (Å²) >= 11 is 9.49. The number of nitrogens with zero attached hydrogens (tertiary/aromatic N) is 1. The lowest BCUT2D eigenvalue weighted by atomic mass is 10.0. The Labute approximate surface area is 114 Å². The van der Waals surface area contributed by atoms with Gasteiger partial charge in [-0.05, 0) is 37.0 Å². The van der Waals surface area contributed by atoms with Crippen molar-refractivity contribution in [3.8, 4) is 6.07 Å². The first-order chi connectivity index (χ1) is 8.11. The lowest BCUT2D eigenvalue weighted by Gasteiger charge is -2.09. The topological polar surface area (TPSA) is 40.9 Å². The third-order valence-corrected chi connectivity index (χ3v) is 4.00. The maximum Gasteiger partial charge on any atom is 0.149 e. The fraction of sp³-hybridized carbons (Fsp3) is 0.385. The Morgan fingerprint density at radius 2 is 2.29 bits per heavy atom. The number of benzene rings is 1. The highest BCUT2D eigenvalue weighted by Crippen LogP contribution is 2.33. The van der Waals surface area contributed by atoms with E-state index in [0.717, 1.165) is 18.4 Å². The third-order valence-electron chi connectivity index (χ3n) is 2.87. The largest absolute Gasteiger partial charge is 0.298 e. The zero-order valence-electron chi connectivity index (χ0n) is 9.12. The van der Waals surface area contributed by atoms with Crippen molar-refractivity contribution in [2.24, 2.45) is 5.92 Å². The second-order valence-electron chi connectivity index (χ2n) is 4.27. The highest BCUT2D eigenvalue weighted by atomic mass is 79.9. The van der Waals surface area contributed by atoms with E-state index in [1.807, 2.05) is 12.1 Å². The molecule has 0 saturated heterocycles. The molecule has 1 atom stereocenters. The third kappa shape index (κ3) is 3.08. The van der Waals surface area contributed by atoms with Crippen LogP contribution >= 0.6 is 27.5 Å². The summed E-state index contributed by atoms with van der Waals surface area (Å²) in [6.45, 7) is 0. The summed E-state index contributed by atoms with van der Waals surface area (Å²) in [5, 5.41) is 9.28. The van der Waals surface area contributed by atoms with E-state index in [0.29, 0.717) is 17.0 Å². The van der Waals surface area contributed by atoms with Crippen molar-refractivity contribution in [3.63, 3.8) is 0 Å². The minimum atomic E-state index is -0.166. The summed E-state index contributed by atoms with van der Waals surface area (Å²) in [4.78, 5) is 11.6. The predicted molar refractivity (Wildman–Crippen MR) is 70.3 cm³/mol. The maximum atomic E-state index is 11.8. The molecule has 1 aliphatic carbocycles. The smallest absolute Gasteiger partial charge is 0.149 e. The molecule has 2 rings (SSSR count). The van der Waals surface area contributed by atoms with Crippen molar-refractivity contribution in [2.75, 3.05) is 0 Å². The molecule has 88 valence electrons. The number of Topliss-reactive ketones (excluding diaryl/α,β-unsaturated/α-hetero) is 1. The van der Waals surface area contributed by atoms with E-state index in [2.05, 4.69) is 15.9 Å². The Morgan fingerprint density at radius 1 is 1.59 bits per heavy atom. The van der Waals surface area contributed by atoms with Crippen LogP contribution in [0.15, 0.2) is 18.2 Å². The average molecular weight is 313 g/mol. The van der Waals surface area contributed by atoms with E-state index < -0.39 is 0 Å². The Balaban J connectivity index is 2.08. The first kappa shape index (κ1) is 12.6. The fourth-order valence-corrected chi connectivity index (χ4v) is 2.68. The molecule has 0 spiro atoms. The van der Waals surface area contributed by atoms with Crippen LogP contribution in [0.2, 0.25) is 5.02 Å². The number of carbonyl (C=O) groups excluding carboxylic acids is 1. The summed E-state index contributed by atoms with van der Waals surface area (Å²) in [5.74, 6) is 0.516. The van der Waals surface area contributed by atoms with Crippen LogP contribution in [-0.2, 0) is 11.2 Å². The van der Waals surface area contributed by atoms with Gasteiger partial charge in [-0.15, -0.1) is 0 Å². The van der Waals surface area contributed by atoms with E-state index in [9.17, 15) is 4.79 Å². The van der Waals surface area contributed by atoms with Crippen LogP contribution in [0.4, 0.5) is 0 Å². The molecule has 1 saturated carbocycles. The molecule has 0 amide bonds. The van der Waals surface area contributed by atoms with Gasteiger partial charge >= 0.3 is 0 Å². The summed E-state index contributed by atoms with van der Waals surface area (Å²) < 4.78 is 0. The van der Waals surface area contributed by atoms with Gasteiger partial charge in [-0.25, -0.2) is 0 Å². The summed E-state index contributed by atoms with van der Waals surface area (Å²) in [5.41, 5.74) is 1.44. The lowest BCUT2D eigenvalue weighted by molar-refractivity contribution is -0.119. The van der Waals surface area contributed by atoms with Gasteiger partial charge in [0.05, 0.1) is 16.5 Å². The highest BCUT2D eigenvalue weighted by Gasteiger charge is 2.33. The number of alkyl halides is 1. The van der Waals surface area contributed by atoms with Gasteiger partial charge in [0.1, 0.15) is 5.78 Å². The predicted octanol–water partition coefficient (Wildman–Crippen LogP) is 3.50. The van der Waals surface area contributed by atoms with Gasteiger partial charge in [-0.3, -0.25) is 4.79 Å². The van der Waals surface area contributed by atoms with Crippen molar-refractivity contribution < 1.29 is 4.79 Å². The maximum absolute atomic E-state index is 11.8. The molecule has 0 N–H and O–H groups in total. The molecule has 1 fully saturated rings. The normalized spacial score (nSPS) is 16.3. The Hall–Kier alpha value is -0.850. The van der Waals surface area contributed by atoms with Crippen LogP contribution in [-0.4, -0.2) is 10.6 Å². The van der Waals surface area contributed by atoms with E-state index in [1.165, 1.54) is 0 Å². The van der Waals surface area contributed by atoms with Gasteiger partial charge < -0.3 is 0 Å². The standard InChI is InChI=1S/C13H11BrClNO/c14-11(13(17)9-3-4-9)6-10-2-1-8(7-16)5-12(10)15/h1-2,5,9,11H,3-4,6H2. The molecular weight excluding hydrogens is 302 g/mol. The summed E-state index contributed by atoms with van der Waals surface area (Å²) in [7, 11) is 0. The lowest BCUT2D eigenvalue weighted by Crippen LogP contribution is -2.18. The molecule has 1 unspecified atom stereocenters. The molecule has 17 heavy (non-hydrogen) atoms. The van der Waals surface area contributed by atoms with Crippen molar-refractivity contribution in [1.29, 1.82) is 5.26 Å². The van der Waals surface area contributed by atoms with E-state index >= 15 is 0 Å². The molecular formula is C13H11BrClNO. The van der Waals surface area contributed by atoms with Crippen molar-refractivity contribution in [2.45, 2.75) is 24.1 Å². The quantitative estimate of drug-likeness (QED) is 0.798. The van der Waals surface area contributed by atoms with Gasteiger partial charge in [0.25, 0.3) is 0 Å². The molecule has 0 heterocycles. The second kappa shape index (κ2) is 5.20. The number of rotatable bonds is 4. The van der Waals surface area contributed by atoms with Crippen LogP contribution in [0.3, 0.4) is 0 Å². The molecule has 0 bridgehead atoms. The Morgan fingerprint density at radius 3 is 2.82 bits per heavy atom.